The Balaban J connectivity index is 1.11. The SMILES string of the molecule is Cc1sc2c(c1C)C(c1ccc(Cl)cc1)=N[C@@H](CC(=O)NCCCNC(O)c1cc3cc(C#CCN)ccc3o1)c1nnc(C)n1-2. The lowest BCUT2D eigenvalue weighted by Gasteiger charge is -2.14. The van der Waals surface area contributed by atoms with E-state index in [2.05, 4.69) is 46.5 Å². The van der Waals surface area contributed by atoms with Crippen molar-refractivity contribution >= 4 is 45.5 Å². The molecular weight excluding hydrogens is 622 g/mol. The molecule has 0 bridgehead atoms. The largest absolute Gasteiger partial charge is 0.457 e. The third kappa shape index (κ3) is 6.49. The number of carbonyl (C=O) groups excluding carboxylic acids is 1. The Hall–Kier alpha value is -4.31. The van der Waals surface area contributed by atoms with E-state index in [1.807, 2.05) is 54.0 Å². The minimum atomic E-state index is -0.989. The second-order valence-electron chi connectivity index (χ2n) is 11.1. The highest BCUT2D eigenvalue weighted by molar-refractivity contribution is 7.15. The number of aliphatic hydroxyl groups is 1. The molecule has 3 aromatic heterocycles. The summed E-state index contributed by atoms with van der Waals surface area (Å²) >= 11 is 7.87. The van der Waals surface area contributed by atoms with Crippen molar-refractivity contribution in [3.8, 4) is 16.8 Å². The molecule has 2 aromatic carbocycles. The summed E-state index contributed by atoms with van der Waals surface area (Å²) < 4.78 is 7.83. The van der Waals surface area contributed by atoms with Gasteiger partial charge in [0, 0.05) is 38.5 Å². The molecular formula is C34H34ClN7O3S. The minimum absolute atomic E-state index is 0.106. The first-order chi connectivity index (χ1) is 22.2. The summed E-state index contributed by atoms with van der Waals surface area (Å²) in [6, 6.07) is 14.4. The fourth-order valence-electron chi connectivity index (χ4n) is 5.47. The lowest BCUT2D eigenvalue weighted by atomic mass is 9.99. The highest BCUT2D eigenvalue weighted by Gasteiger charge is 2.32. The molecule has 0 spiro atoms. The van der Waals surface area contributed by atoms with Crippen molar-refractivity contribution in [3.05, 3.63) is 98.1 Å². The quantitative estimate of drug-likeness (QED) is 0.0990. The molecule has 1 aliphatic heterocycles. The van der Waals surface area contributed by atoms with Crippen molar-refractivity contribution in [2.45, 2.75) is 45.9 Å². The van der Waals surface area contributed by atoms with Gasteiger partial charge in [0.25, 0.3) is 0 Å². The number of nitrogens with zero attached hydrogens (tertiary/aromatic N) is 4. The topological polar surface area (TPSA) is 144 Å². The van der Waals surface area contributed by atoms with Crippen molar-refractivity contribution < 1.29 is 14.3 Å². The van der Waals surface area contributed by atoms with E-state index in [1.165, 1.54) is 4.88 Å². The molecule has 0 aliphatic carbocycles. The molecule has 4 heterocycles. The molecule has 0 fully saturated rings. The number of nitrogens with two attached hydrogens (primary N) is 1. The summed E-state index contributed by atoms with van der Waals surface area (Å²) in [4.78, 5) is 19.6. The number of carbonyl (C=O) groups is 1. The average molecular weight is 656 g/mol. The van der Waals surface area contributed by atoms with E-state index in [9.17, 15) is 9.90 Å². The molecule has 10 nitrogen and oxygen atoms in total. The van der Waals surface area contributed by atoms with Crippen LogP contribution in [-0.2, 0) is 4.79 Å². The van der Waals surface area contributed by atoms with Crippen LogP contribution in [0.25, 0.3) is 16.0 Å². The summed E-state index contributed by atoms with van der Waals surface area (Å²) in [6.45, 7) is 7.27. The van der Waals surface area contributed by atoms with Gasteiger partial charge in [-0.3, -0.25) is 19.7 Å². The fourth-order valence-corrected chi connectivity index (χ4v) is 6.81. The molecule has 5 N–H and O–H groups in total. The third-order valence-electron chi connectivity index (χ3n) is 7.89. The lowest BCUT2D eigenvalue weighted by molar-refractivity contribution is -0.121. The number of fused-ring (bicyclic) bond motifs is 4. The number of aliphatic imine (C=N–C) groups is 1. The van der Waals surface area contributed by atoms with Crippen LogP contribution in [0.2, 0.25) is 5.02 Å². The van der Waals surface area contributed by atoms with Crippen LogP contribution < -0.4 is 16.4 Å². The van der Waals surface area contributed by atoms with Crippen LogP contribution in [0.1, 0.15) is 69.7 Å². The Bertz CT molecular complexity index is 2000. The number of rotatable bonds is 9. The van der Waals surface area contributed by atoms with E-state index in [1.54, 1.807) is 17.4 Å². The van der Waals surface area contributed by atoms with Crippen LogP contribution in [0.5, 0.6) is 0 Å². The molecule has 0 radical (unpaired) electrons. The van der Waals surface area contributed by atoms with Gasteiger partial charge in [-0.2, -0.15) is 0 Å². The van der Waals surface area contributed by atoms with Gasteiger partial charge in [-0.1, -0.05) is 35.6 Å². The van der Waals surface area contributed by atoms with Gasteiger partial charge < -0.3 is 20.6 Å². The average Bonchev–Trinajstić information content (AvgIpc) is 3.70. The number of aryl methyl sites for hydroxylation is 2. The van der Waals surface area contributed by atoms with E-state index < -0.39 is 12.3 Å². The maximum absolute atomic E-state index is 13.2. The fraction of sp³-hybridized carbons (Fsp3) is 0.294. The van der Waals surface area contributed by atoms with Crippen molar-refractivity contribution in [1.29, 1.82) is 0 Å². The second kappa shape index (κ2) is 13.6. The summed E-state index contributed by atoms with van der Waals surface area (Å²) in [6.07, 6.45) is -0.289. The summed E-state index contributed by atoms with van der Waals surface area (Å²) in [7, 11) is 0. The zero-order valence-corrected chi connectivity index (χ0v) is 27.3. The van der Waals surface area contributed by atoms with Crippen LogP contribution in [0, 0.1) is 32.6 Å². The Morgan fingerprint density at radius 3 is 2.74 bits per heavy atom. The Kier molecular flexibility index (Phi) is 9.35. The monoisotopic (exact) mass is 655 g/mol. The number of amides is 1. The van der Waals surface area contributed by atoms with Gasteiger partial charge in [0.2, 0.25) is 5.91 Å². The van der Waals surface area contributed by atoms with Gasteiger partial charge in [-0.15, -0.1) is 21.5 Å². The normalized spacial score (nSPS) is 14.6. The molecule has 12 heteroatoms. The number of hydrogen-bond acceptors (Lipinski definition) is 9. The smallest absolute Gasteiger partial charge is 0.222 e. The molecule has 2 atom stereocenters. The highest BCUT2D eigenvalue weighted by Crippen LogP contribution is 2.39. The van der Waals surface area contributed by atoms with Gasteiger partial charge in [-0.05, 0) is 75.7 Å². The highest BCUT2D eigenvalue weighted by atomic mass is 35.5. The number of hydrogen-bond donors (Lipinski definition) is 4. The second-order valence-corrected chi connectivity index (χ2v) is 12.7. The third-order valence-corrected chi connectivity index (χ3v) is 9.33. The Labute approximate surface area is 275 Å². The summed E-state index contributed by atoms with van der Waals surface area (Å²) in [5, 5.41) is 28.0. The summed E-state index contributed by atoms with van der Waals surface area (Å²) in [5.74, 6) is 7.46. The molecule has 0 saturated carbocycles. The van der Waals surface area contributed by atoms with Crippen molar-refractivity contribution in [1.82, 2.24) is 25.4 Å². The van der Waals surface area contributed by atoms with Gasteiger partial charge >= 0.3 is 0 Å². The molecule has 1 aliphatic rings. The van der Waals surface area contributed by atoms with Crippen LogP contribution in [0.15, 0.2) is 57.9 Å². The summed E-state index contributed by atoms with van der Waals surface area (Å²) in [5.41, 5.74) is 10.8. The van der Waals surface area contributed by atoms with Crippen molar-refractivity contribution in [3.63, 3.8) is 0 Å². The number of furan rings is 1. The van der Waals surface area contributed by atoms with Crippen LogP contribution in [-0.4, -0.2) is 51.1 Å². The lowest BCUT2D eigenvalue weighted by Crippen LogP contribution is -2.29. The van der Waals surface area contributed by atoms with Crippen molar-refractivity contribution in [2.24, 2.45) is 10.7 Å². The predicted octanol–water partition coefficient (Wildman–Crippen LogP) is 5.03. The number of aromatic nitrogens is 3. The van der Waals surface area contributed by atoms with E-state index in [0.29, 0.717) is 41.7 Å². The maximum Gasteiger partial charge on any atom is 0.222 e. The maximum atomic E-state index is 13.2. The molecule has 6 rings (SSSR count). The standard InChI is InChI=1S/C34H34ClN7O3S/c1-19-20(2)46-34-30(19)31(23-8-10-25(35)11-9-23)39-26(32-41-40-21(3)42(32)34)18-29(43)37-14-5-15-38-33(44)28-17-24-16-22(6-4-13-36)7-12-27(24)45-28/h7-12,16-17,26,33,38,44H,5,13-15,18,36H2,1-3H3,(H,37,43)/t26-,33?/m0/s1. The van der Waals surface area contributed by atoms with Gasteiger partial charge in [-0.25, -0.2) is 0 Å². The zero-order valence-electron chi connectivity index (χ0n) is 25.7. The number of thiophene rings is 1. The molecule has 1 amide bonds. The minimum Gasteiger partial charge on any atom is -0.457 e. The first kappa shape index (κ1) is 31.7. The Morgan fingerprint density at radius 2 is 1.96 bits per heavy atom. The first-order valence-corrected chi connectivity index (χ1v) is 16.2. The van der Waals surface area contributed by atoms with Crippen LogP contribution in [0.4, 0.5) is 0 Å². The zero-order chi connectivity index (χ0) is 32.4. The number of benzene rings is 2. The van der Waals surface area contributed by atoms with E-state index in [4.69, 9.17) is 26.7 Å². The van der Waals surface area contributed by atoms with Gasteiger partial charge in [0.1, 0.15) is 28.2 Å². The van der Waals surface area contributed by atoms with Gasteiger partial charge in [0.05, 0.1) is 18.7 Å². The number of halogens is 1. The van der Waals surface area contributed by atoms with E-state index in [0.717, 1.165) is 44.2 Å². The van der Waals surface area contributed by atoms with Crippen LogP contribution >= 0.6 is 22.9 Å². The number of aliphatic hydroxyl groups excluding tert-OH is 1. The molecule has 0 saturated heterocycles. The van der Waals surface area contributed by atoms with E-state index >= 15 is 0 Å². The molecule has 236 valence electrons. The van der Waals surface area contributed by atoms with Crippen molar-refractivity contribution in [2.75, 3.05) is 19.6 Å². The predicted molar refractivity (Wildman–Crippen MR) is 181 cm³/mol. The number of nitrogens with one attached hydrogen (secondary N) is 2. The molecule has 1 unspecified atom stereocenters. The van der Waals surface area contributed by atoms with E-state index in [-0.39, 0.29) is 18.9 Å². The molecule has 5 aromatic rings. The van der Waals surface area contributed by atoms with Crippen LogP contribution in [0.3, 0.4) is 0 Å². The first-order valence-electron chi connectivity index (χ1n) is 15.0. The molecule has 46 heavy (non-hydrogen) atoms. The Morgan fingerprint density at radius 1 is 1.15 bits per heavy atom. The van der Waals surface area contributed by atoms with Gasteiger partial charge in [0.15, 0.2) is 12.1 Å².